The number of nitrogens with two attached hydrogens (primary N) is 1. The van der Waals surface area contributed by atoms with Crippen molar-refractivity contribution >= 4 is 11.7 Å². The molecule has 0 unspecified atom stereocenters. The van der Waals surface area contributed by atoms with Crippen molar-refractivity contribution in [2.45, 2.75) is 44.1 Å². The molecular formula is C23H28N4O. The van der Waals surface area contributed by atoms with Gasteiger partial charge in [-0.25, -0.2) is 4.98 Å². The number of pyridine rings is 1. The third-order valence-corrected chi connectivity index (χ3v) is 6.29. The Bertz CT molecular complexity index is 863. The zero-order chi connectivity index (χ0) is 19.1. The molecule has 1 aromatic carbocycles. The maximum atomic E-state index is 12.8. The number of carbonyl (C=O) groups excluding carboxylic acids is 1. The second kappa shape index (κ2) is 7.21. The second-order valence-corrected chi connectivity index (χ2v) is 8.41. The van der Waals surface area contributed by atoms with Crippen LogP contribution in [0, 0.1) is 0 Å². The summed E-state index contributed by atoms with van der Waals surface area (Å²) >= 11 is 0. The van der Waals surface area contributed by atoms with Crippen LogP contribution in [-0.4, -0.2) is 42.0 Å². The number of amides is 1. The molecular weight excluding hydrogens is 348 g/mol. The molecule has 2 N–H and O–H groups in total. The van der Waals surface area contributed by atoms with Crippen LogP contribution in [0.5, 0.6) is 0 Å². The van der Waals surface area contributed by atoms with E-state index in [0.717, 1.165) is 49.0 Å². The van der Waals surface area contributed by atoms with E-state index in [2.05, 4.69) is 17.2 Å². The van der Waals surface area contributed by atoms with Gasteiger partial charge in [-0.1, -0.05) is 18.2 Å². The van der Waals surface area contributed by atoms with Crippen molar-refractivity contribution in [3.05, 3.63) is 58.8 Å². The van der Waals surface area contributed by atoms with Crippen LogP contribution in [0.1, 0.15) is 64.6 Å². The van der Waals surface area contributed by atoms with Gasteiger partial charge in [0.15, 0.2) is 0 Å². The zero-order valence-electron chi connectivity index (χ0n) is 16.3. The Kier molecular flexibility index (Phi) is 4.55. The number of benzene rings is 1. The third-order valence-electron chi connectivity index (χ3n) is 6.29. The first kappa shape index (κ1) is 17.7. The molecule has 3 aliphatic rings. The molecule has 5 rings (SSSR count). The number of aromatic nitrogens is 1. The molecule has 1 aromatic heterocycles. The summed E-state index contributed by atoms with van der Waals surface area (Å²) in [5, 5.41) is 0. The number of piperazine rings is 1. The van der Waals surface area contributed by atoms with Gasteiger partial charge < -0.3 is 15.5 Å². The third kappa shape index (κ3) is 3.51. The Morgan fingerprint density at radius 3 is 2.29 bits per heavy atom. The molecule has 0 radical (unpaired) electrons. The first-order chi connectivity index (χ1) is 13.7. The van der Waals surface area contributed by atoms with Crippen LogP contribution in [-0.2, 0) is 6.54 Å². The maximum absolute atomic E-state index is 12.8. The van der Waals surface area contributed by atoms with Crippen molar-refractivity contribution < 1.29 is 4.79 Å². The minimum Gasteiger partial charge on any atom is -0.353 e. The van der Waals surface area contributed by atoms with E-state index in [-0.39, 0.29) is 5.91 Å². The summed E-state index contributed by atoms with van der Waals surface area (Å²) < 4.78 is 0. The lowest BCUT2D eigenvalue weighted by molar-refractivity contribution is 0.0746. The van der Waals surface area contributed by atoms with Crippen molar-refractivity contribution in [2.75, 3.05) is 31.1 Å². The van der Waals surface area contributed by atoms with E-state index >= 15 is 0 Å². The Morgan fingerprint density at radius 2 is 1.68 bits per heavy atom. The lowest BCUT2D eigenvalue weighted by Gasteiger charge is -2.36. The van der Waals surface area contributed by atoms with Crippen LogP contribution < -0.4 is 10.6 Å². The van der Waals surface area contributed by atoms with Gasteiger partial charge in [0.25, 0.3) is 5.91 Å². The highest BCUT2D eigenvalue weighted by atomic mass is 16.2. The highest BCUT2D eigenvalue weighted by Crippen LogP contribution is 2.47. The van der Waals surface area contributed by atoms with Gasteiger partial charge in [0.05, 0.1) is 0 Å². The van der Waals surface area contributed by atoms with E-state index in [9.17, 15) is 4.79 Å². The lowest BCUT2D eigenvalue weighted by Crippen LogP contribution is -2.49. The Morgan fingerprint density at radius 1 is 1.00 bits per heavy atom. The highest BCUT2D eigenvalue weighted by molar-refractivity contribution is 5.94. The molecule has 0 atom stereocenters. The summed E-state index contributed by atoms with van der Waals surface area (Å²) in [4.78, 5) is 22.0. The smallest absolute Gasteiger partial charge is 0.253 e. The number of rotatable bonds is 5. The quantitative estimate of drug-likeness (QED) is 0.870. The fraction of sp³-hybridized carbons (Fsp3) is 0.478. The summed E-state index contributed by atoms with van der Waals surface area (Å²) in [6.45, 7) is 3.69. The first-order valence-corrected chi connectivity index (χ1v) is 10.6. The van der Waals surface area contributed by atoms with Crippen LogP contribution in [0.2, 0.25) is 0 Å². The lowest BCUT2D eigenvalue weighted by atomic mass is 10.1. The molecule has 0 spiro atoms. The molecule has 5 nitrogen and oxygen atoms in total. The molecule has 2 aliphatic carbocycles. The summed E-state index contributed by atoms with van der Waals surface area (Å²) in [5.41, 5.74) is 10.3. The van der Waals surface area contributed by atoms with Crippen molar-refractivity contribution in [1.82, 2.24) is 9.88 Å². The van der Waals surface area contributed by atoms with Crippen molar-refractivity contribution in [1.29, 1.82) is 0 Å². The van der Waals surface area contributed by atoms with Crippen molar-refractivity contribution in [3.63, 3.8) is 0 Å². The standard InChI is InChI=1S/C23H28N4O/c24-14-16-1-3-19(4-2-16)23(28)27-11-9-26(10-12-27)22-21(18-7-8-18)13-20(15-25-22)17-5-6-17/h1-4,13,15,17-18H,5-12,14,24H2. The normalized spacial score (nSPS) is 19.8. The Hall–Kier alpha value is -2.40. The first-order valence-electron chi connectivity index (χ1n) is 10.6. The number of carbonyl (C=O) groups is 1. The summed E-state index contributed by atoms with van der Waals surface area (Å²) in [5.74, 6) is 2.72. The van der Waals surface area contributed by atoms with Gasteiger partial charge in [-0.3, -0.25) is 4.79 Å². The van der Waals surface area contributed by atoms with E-state index in [1.54, 1.807) is 0 Å². The molecule has 1 aliphatic heterocycles. The van der Waals surface area contributed by atoms with E-state index in [0.29, 0.717) is 12.5 Å². The molecule has 3 fully saturated rings. The van der Waals surface area contributed by atoms with Crippen molar-refractivity contribution in [3.8, 4) is 0 Å². The van der Waals surface area contributed by atoms with E-state index < -0.39 is 0 Å². The topological polar surface area (TPSA) is 62.5 Å². The number of hydrogen-bond acceptors (Lipinski definition) is 4. The highest BCUT2D eigenvalue weighted by Gasteiger charge is 2.33. The fourth-order valence-electron chi connectivity index (χ4n) is 4.18. The number of anilines is 1. The largest absolute Gasteiger partial charge is 0.353 e. The van der Waals surface area contributed by atoms with Gasteiger partial charge in [0, 0.05) is 44.5 Å². The molecule has 5 heteroatoms. The molecule has 2 saturated carbocycles. The van der Waals surface area contributed by atoms with Crippen molar-refractivity contribution in [2.24, 2.45) is 5.73 Å². The average molecular weight is 377 g/mol. The van der Waals surface area contributed by atoms with Gasteiger partial charge in [-0.05, 0) is 66.3 Å². The van der Waals surface area contributed by atoms with Crippen LogP contribution in [0.3, 0.4) is 0 Å². The summed E-state index contributed by atoms with van der Waals surface area (Å²) in [6.07, 6.45) is 7.31. The zero-order valence-corrected chi connectivity index (χ0v) is 16.3. The molecule has 1 saturated heterocycles. The molecule has 2 aromatic rings. The predicted molar refractivity (Wildman–Crippen MR) is 111 cm³/mol. The number of hydrogen-bond donors (Lipinski definition) is 1. The Balaban J connectivity index is 1.27. The molecule has 1 amide bonds. The van der Waals surface area contributed by atoms with Crippen LogP contribution in [0.25, 0.3) is 0 Å². The molecule has 2 heterocycles. The SMILES string of the molecule is NCc1ccc(C(=O)N2CCN(c3ncc(C4CC4)cc3C3CC3)CC2)cc1. The average Bonchev–Trinajstić information content (AvgIpc) is 3.66. The minimum absolute atomic E-state index is 0.114. The van der Waals surface area contributed by atoms with Gasteiger partial charge in [-0.15, -0.1) is 0 Å². The van der Waals surface area contributed by atoms with E-state index in [4.69, 9.17) is 10.7 Å². The van der Waals surface area contributed by atoms with Gasteiger partial charge >= 0.3 is 0 Å². The van der Waals surface area contributed by atoms with Crippen LogP contribution >= 0.6 is 0 Å². The summed E-state index contributed by atoms with van der Waals surface area (Å²) in [7, 11) is 0. The van der Waals surface area contributed by atoms with E-state index in [1.807, 2.05) is 29.2 Å². The molecule has 28 heavy (non-hydrogen) atoms. The molecule has 0 bridgehead atoms. The monoisotopic (exact) mass is 376 g/mol. The maximum Gasteiger partial charge on any atom is 0.253 e. The predicted octanol–water partition coefficient (Wildman–Crippen LogP) is 3.26. The van der Waals surface area contributed by atoms with Gasteiger partial charge in [-0.2, -0.15) is 0 Å². The minimum atomic E-state index is 0.114. The van der Waals surface area contributed by atoms with E-state index in [1.165, 1.54) is 36.8 Å². The van der Waals surface area contributed by atoms with Gasteiger partial charge in [0.1, 0.15) is 5.82 Å². The van der Waals surface area contributed by atoms with Crippen LogP contribution in [0.15, 0.2) is 36.5 Å². The Labute approximate surface area is 166 Å². The summed E-state index contributed by atoms with van der Waals surface area (Å²) in [6, 6.07) is 10.1. The van der Waals surface area contributed by atoms with Gasteiger partial charge in [0.2, 0.25) is 0 Å². The molecule has 146 valence electrons. The fourth-order valence-corrected chi connectivity index (χ4v) is 4.18. The van der Waals surface area contributed by atoms with Crippen LogP contribution in [0.4, 0.5) is 5.82 Å². The second-order valence-electron chi connectivity index (χ2n) is 8.41. The number of nitrogens with zero attached hydrogens (tertiary/aromatic N) is 3.